The monoisotopic (exact) mass is 164 g/mol. The molecule has 0 atom stereocenters. The van der Waals surface area contributed by atoms with E-state index >= 15 is 0 Å². The maximum absolute atomic E-state index is 5.59. The molecule has 0 spiro atoms. The number of nitrogens with two attached hydrogens (primary N) is 1. The number of anilines is 1. The van der Waals surface area contributed by atoms with Gasteiger partial charge in [0.05, 0.1) is 12.3 Å². The van der Waals surface area contributed by atoms with Gasteiger partial charge in [0, 0.05) is 0 Å². The molecule has 3 nitrogen and oxygen atoms in total. The minimum Gasteiger partial charge on any atom is -0.489 e. The van der Waals surface area contributed by atoms with Crippen molar-refractivity contribution in [3.8, 4) is 5.75 Å². The van der Waals surface area contributed by atoms with E-state index in [0.717, 1.165) is 11.3 Å². The third-order valence-electron chi connectivity index (χ3n) is 1.90. The number of rotatable bonds is 2. The molecule has 1 aliphatic carbocycles. The number of aryl methyl sites for hydroxylation is 1. The number of aromatic nitrogens is 1. The smallest absolute Gasteiger partial charge is 0.141 e. The molecule has 2 N–H and O–H groups in total. The Balaban J connectivity index is 2.18. The van der Waals surface area contributed by atoms with Crippen LogP contribution in [0.4, 0.5) is 5.82 Å². The first-order valence-corrected chi connectivity index (χ1v) is 4.14. The predicted octanol–water partition coefficient (Wildman–Crippen LogP) is 1.51. The van der Waals surface area contributed by atoms with E-state index in [1.54, 1.807) is 6.20 Å². The molecule has 0 radical (unpaired) electrons. The normalized spacial score (nSPS) is 16.1. The SMILES string of the molecule is Cc1cc(N)ncc1OC1CC1. The summed E-state index contributed by atoms with van der Waals surface area (Å²) in [5.41, 5.74) is 6.57. The topological polar surface area (TPSA) is 48.1 Å². The van der Waals surface area contributed by atoms with E-state index in [9.17, 15) is 0 Å². The van der Waals surface area contributed by atoms with E-state index in [4.69, 9.17) is 10.5 Å². The first kappa shape index (κ1) is 7.40. The largest absolute Gasteiger partial charge is 0.489 e. The highest BCUT2D eigenvalue weighted by Gasteiger charge is 2.24. The van der Waals surface area contributed by atoms with Gasteiger partial charge in [-0.25, -0.2) is 4.98 Å². The van der Waals surface area contributed by atoms with Gasteiger partial charge in [-0.2, -0.15) is 0 Å². The Morgan fingerprint density at radius 2 is 2.33 bits per heavy atom. The van der Waals surface area contributed by atoms with E-state index in [1.165, 1.54) is 12.8 Å². The van der Waals surface area contributed by atoms with Gasteiger partial charge in [0.15, 0.2) is 0 Å². The summed E-state index contributed by atoms with van der Waals surface area (Å²) in [5.74, 6) is 1.42. The molecule has 1 aromatic heterocycles. The first-order chi connectivity index (χ1) is 5.75. The first-order valence-electron chi connectivity index (χ1n) is 4.14. The van der Waals surface area contributed by atoms with Crippen LogP contribution < -0.4 is 10.5 Å². The number of hydrogen-bond donors (Lipinski definition) is 1. The Morgan fingerprint density at radius 3 is 2.92 bits per heavy atom. The molecule has 0 aliphatic heterocycles. The van der Waals surface area contributed by atoms with E-state index < -0.39 is 0 Å². The lowest BCUT2D eigenvalue weighted by molar-refractivity contribution is 0.300. The summed E-state index contributed by atoms with van der Waals surface area (Å²) >= 11 is 0. The maximum Gasteiger partial charge on any atom is 0.141 e. The van der Waals surface area contributed by atoms with Crippen molar-refractivity contribution in [2.24, 2.45) is 0 Å². The summed E-state index contributed by atoms with van der Waals surface area (Å²) in [7, 11) is 0. The molecule has 1 aliphatic rings. The Labute approximate surface area is 71.6 Å². The lowest BCUT2D eigenvalue weighted by Crippen LogP contribution is -1.99. The second-order valence-corrected chi connectivity index (χ2v) is 3.19. The Bertz CT molecular complexity index is 295. The van der Waals surface area contributed by atoms with Crippen molar-refractivity contribution >= 4 is 5.82 Å². The summed E-state index contributed by atoms with van der Waals surface area (Å²) in [6, 6.07) is 1.83. The van der Waals surface area contributed by atoms with Crippen molar-refractivity contribution in [1.82, 2.24) is 4.98 Å². The van der Waals surface area contributed by atoms with Crippen LogP contribution in [0.2, 0.25) is 0 Å². The molecule has 0 bridgehead atoms. The predicted molar refractivity (Wildman–Crippen MR) is 47.0 cm³/mol. The fraction of sp³-hybridized carbons (Fsp3) is 0.444. The average Bonchev–Trinajstić information content (AvgIpc) is 2.79. The van der Waals surface area contributed by atoms with Crippen molar-refractivity contribution in [1.29, 1.82) is 0 Å². The van der Waals surface area contributed by atoms with Crippen molar-refractivity contribution in [3.63, 3.8) is 0 Å². The third-order valence-corrected chi connectivity index (χ3v) is 1.90. The van der Waals surface area contributed by atoms with Crippen LogP contribution in [0.15, 0.2) is 12.3 Å². The molecule has 0 saturated heterocycles. The van der Waals surface area contributed by atoms with Crippen molar-refractivity contribution in [3.05, 3.63) is 17.8 Å². The fourth-order valence-corrected chi connectivity index (χ4v) is 1.05. The van der Waals surface area contributed by atoms with Gasteiger partial charge in [0.1, 0.15) is 11.6 Å². The van der Waals surface area contributed by atoms with Crippen molar-refractivity contribution in [2.45, 2.75) is 25.9 Å². The van der Waals surface area contributed by atoms with E-state index in [1.807, 2.05) is 13.0 Å². The van der Waals surface area contributed by atoms with E-state index in [0.29, 0.717) is 11.9 Å². The Kier molecular flexibility index (Phi) is 1.64. The standard InChI is InChI=1S/C9H12N2O/c1-6-4-9(10)11-5-8(6)12-7-2-3-7/h4-5,7H,2-3H2,1H3,(H2,10,11). The molecule has 1 aromatic rings. The number of nitrogen functional groups attached to an aromatic ring is 1. The Hall–Kier alpha value is -1.25. The quantitative estimate of drug-likeness (QED) is 0.720. The van der Waals surface area contributed by atoms with Crippen LogP contribution in [0.25, 0.3) is 0 Å². The fourth-order valence-electron chi connectivity index (χ4n) is 1.05. The van der Waals surface area contributed by atoms with Crippen molar-refractivity contribution < 1.29 is 4.74 Å². The highest BCUT2D eigenvalue weighted by Crippen LogP contribution is 2.28. The summed E-state index contributed by atoms with van der Waals surface area (Å²) < 4.78 is 5.59. The molecule has 1 saturated carbocycles. The zero-order chi connectivity index (χ0) is 8.55. The molecule has 1 heterocycles. The summed E-state index contributed by atoms with van der Waals surface area (Å²) in [4.78, 5) is 3.97. The number of ether oxygens (including phenoxy) is 1. The minimum absolute atomic E-state index is 0.425. The maximum atomic E-state index is 5.59. The van der Waals surface area contributed by atoms with Gasteiger partial charge in [-0.3, -0.25) is 0 Å². The van der Waals surface area contributed by atoms with Crippen LogP contribution in [-0.4, -0.2) is 11.1 Å². The summed E-state index contributed by atoms with van der Waals surface area (Å²) in [6.07, 6.45) is 4.46. The zero-order valence-corrected chi connectivity index (χ0v) is 7.08. The second kappa shape index (κ2) is 2.66. The lowest BCUT2D eigenvalue weighted by Gasteiger charge is -2.06. The molecule has 1 fully saturated rings. The lowest BCUT2D eigenvalue weighted by atomic mass is 10.3. The zero-order valence-electron chi connectivity index (χ0n) is 7.08. The van der Waals surface area contributed by atoms with Crippen LogP contribution in [0.5, 0.6) is 5.75 Å². The van der Waals surface area contributed by atoms with Gasteiger partial charge in [-0.15, -0.1) is 0 Å². The second-order valence-electron chi connectivity index (χ2n) is 3.19. The molecule has 0 aromatic carbocycles. The summed E-state index contributed by atoms with van der Waals surface area (Å²) in [5, 5.41) is 0. The third kappa shape index (κ3) is 1.49. The van der Waals surface area contributed by atoms with Gasteiger partial charge in [-0.1, -0.05) is 0 Å². The van der Waals surface area contributed by atoms with Crippen LogP contribution >= 0.6 is 0 Å². The molecule has 0 unspecified atom stereocenters. The average molecular weight is 164 g/mol. The van der Waals surface area contributed by atoms with E-state index in [2.05, 4.69) is 4.98 Å². The van der Waals surface area contributed by atoms with Crippen LogP contribution in [0.3, 0.4) is 0 Å². The molecule has 12 heavy (non-hydrogen) atoms. The van der Waals surface area contributed by atoms with Crippen LogP contribution in [-0.2, 0) is 0 Å². The van der Waals surface area contributed by atoms with Gasteiger partial charge in [-0.05, 0) is 31.4 Å². The van der Waals surface area contributed by atoms with Gasteiger partial charge in [0.25, 0.3) is 0 Å². The summed E-state index contributed by atoms with van der Waals surface area (Å²) in [6.45, 7) is 1.98. The van der Waals surface area contributed by atoms with Gasteiger partial charge < -0.3 is 10.5 Å². The number of nitrogens with zero attached hydrogens (tertiary/aromatic N) is 1. The molecule has 3 heteroatoms. The molecular formula is C9H12N2O. The van der Waals surface area contributed by atoms with Gasteiger partial charge in [0.2, 0.25) is 0 Å². The van der Waals surface area contributed by atoms with Crippen LogP contribution in [0.1, 0.15) is 18.4 Å². The molecular weight excluding hydrogens is 152 g/mol. The minimum atomic E-state index is 0.425. The molecule has 0 amide bonds. The number of pyridine rings is 1. The van der Waals surface area contributed by atoms with Crippen molar-refractivity contribution in [2.75, 3.05) is 5.73 Å². The molecule has 2 rings (SSSR count). The van der Waals surface area contributed by atoms with Crippen LogP contribution in [0, 0.1) is 6.92 Å². The Morgan fingerprint density at radius 1 is 1.58 bits per heavy atom. The molecule has 64 valence electrons. The number of hydrogen-bond acceptors (Lipinski definition) is 3. The highest BCUT2D eigenvalue weighted by molar-refractivity contribution is 5.40. The van der Waals surface area contributed by atoms with E-state index in [-0.39, 0.29) is 0 Å². The van der Waals surface area contributed by atoms with Gasteiger partial charge >= 0.3 is 0 Å². The highest BCUT2D eigenvalue weighted by atomic mass is 16.5.